The van der Waals surface area contributed by atoms with Gasteiger partial charge >= 0.3 is 0 Å². The molecule has 2 rings (SSSR count). The van der Waals surface area contributed by atoms with Crippen molar-refractivity contribution < 1.29 is 4.79 Å². The van der Waals surface area contributed by atoms with Gasteiger partial charge in [-0.2, -0.15) is 0 Å². The molecule has 0 saturated carbocycles. The highest BCUT2D eigenvalue weighted by Gasteiger charge is 2.21. The van der Waals surface area contributed by atoms with E-state index in [0.717, 1.165) is 31.5 Å². The van der Waals surface area contributed by atoms with Crippen molar-refractivity contribution in [2.45, 2.75) is 25.3 Å². The third-order valence-electron chi connectivity index (χ3n) is 3.41. The molecule has 0 spiro atoms. The van der Waals surface area contributed by atoms with E-state index in [4.69, 9.17) is 0 Å². The van der Waals surface area contributed by atoms with Gasteiger partial charge < -0.3 is 10.2 Å². The standard InChI is InChI=1S/C14H20N2O.ClH/c1-16(13-8-5-9-15-11-13)14(17)10-12-6-3-2-4-7-12;/h2-4,6-7,13,15H,5,8-11H2,1H3;1H/t13-;/m0./s1. The van der Waals surface area contributed by atoms with Crippen LogP contribution in [0.5, 0.6) is 0 Å². The smallest absolute Gasteiger partial charge is 0.227 e. The summed E-state index contributed by atoms with van der Waals surface area (Å²) in [6.45, 7) is 2.01. The van der Waals surface area contributed by atoms with Crippen LogP contribution in [0.4, 0.5) is 0 Å². The summed E-state index contributed by atoms with van der Waals surface area (Å²) in [6.07, 6.45) is 2.78. The molecule has 1 amide bonds. The number of nitrogens with zero attached hydrogens (tertiary/aromatic N) is 1. The predicted molar refractivity (Wildman–Crippen MR) is 76.1 cm³/mol. The van der Waals surface area contributed by atoms with E-state index in [1.807, 2.05) is 42.3 Å². The third kappa shape index (κ3) is 4.00. The zero-order valence-electron chi connectivity index (χ0n) is 10.8. The number of rotatable bonds is 3. The molecular formula is C14H21ClN2O. The molecule has 1 atom stereocenters. The van der Waals surface area contributed by atoms with Gasteiger partial charge in [-0.3, -0.25) is 4.79 Å². The molecule has 1 saturated heterocycles. The predicted octanol–water partition coefficient (Wildman–Crippen LogP) is 1.86. The van der Waals surface area contributed by atoms with Gasteiger partial charge in [0.1, 0.15) is 0 Å². The molecule has 1 aliphatic rings. The Morgan fingerprint density at radius 1 is 1.39 bits per heavy atom. The molecule has 1 N–H and O–H groups in total. The summed E-state index contributed by atoms with van der Waals surface area (Å²) in [7, 11) is 1.92. The number of amides is 1. The minimum atomic E-state index is 0. The fourth-order valence-corrected chi connectivity index (χ4v) is 2.26. The van der Waals surface area contributed by atoms with Crippen molar-refractivity contribution in [3.8, 4) is 0 Å². The van der Waals surface area contributed by atoms with Gasteiger partial charge in [0.25, 0.3) is 0 Å². The van der Waals surface area contributed by atoms with Crippen LogP contribution in [-0.2, 0) is 11.2 Å². The molecule has 100 valence electrons. The Kier molecular flexibility index (Phi) is 6.16. The largest absolute Gasteiger partial charge is 0.341 e. The highest BCUT2D eigenvalue weighted by molar-refractivity contribution is 5.85. The van der Waals surface area contributed by atoms with Gasteiger partial charge in [0, 0.05) is 19.6 Å². The highest BCUT2D eigenvalue weighted by atomic mass is 35.5. The summed E-state index contributed by atoms with van der Waals surface area (Å²) < 4.78 is 0. The van der Waals surface area contributed by atoms with E-state index in [0.29, 0.717) is 12.5 Å². The van der Waals surface area contributed by atoms with Crippen LogP contribution >= 0.6 is 12.4 Å². The summed E-state index contributed by atoms with van der Waals surface area (Å²) in [4.78, 5) is 14.0. The van der Waals surface area contributed by atoms with Crippen molar-refractivity contribution in [3.05, 3.63) is 35.9 Å². The molecule has 0 radical (unpaired) electrons. The lowest BCUT2D eigenvalue weighted by Gasteiger charge is -2.31. The fraction of sp³-hybridized carbons (Fsp3) is 0.500. The van der Waals surface area contributed by atoms with Crippen LogP contribution in [0.3, 0.4) is 0 Å². The first kappa shape index (κ1) is 15.0. The van der Waals surface area contributed by atoms with Crippen LogP contribution in [0.15, 0.2) is 30.3 Å². The van der Waals surface area contributed by atoms with Crippen LogP contribution in [0.2, 0.25) is 0 Å². The topological polar surface area (TPSA) is 32.3 Å². The molecule has 0 bridgehead atoms. The normalized spacial score (nSPS) is 18.8. The SMILES string of the molecule is CN(C(=O)Cc1ccccc1)[C@H]1CCCNC1.Cl. The number of carbonyl (C=O) groups excluding carboxylic acids is 1. The zero-order valence-corrected chi connectivity index (χ0v) is 11.6. The molecule has 4 heteroatoms. The molecule has 18 heavy (non-hydrogen) atoms. The number of nitrogens with one attached hydrogen (secondary N) is 1. The van der Waals surface area contributed by atoms with Gasteiger partial charge in [0.05, 0.1) is 6.42 Å². The minimum absolute atomic E-state index is 0. The first-order valence-corrected chi connectivity index (χ1v) is 6.27. The number of hydrogen-bond acceptors (Lipinski definition) is 2. The Bertz CT molecular complexity index is 363. The molecule has 0 aromatic heterocycles. The Balaban J connectivity index is 0.00000162. The second-order valence-electron chi connectivity index (χ2n) is 4.67. The van der Waals surface area contributed by atoms with Crippen molar-refractivity contribution >= 4 is 18.3 Å². The first-order chi connectivity index (χ1) is 8.27. The monoisotopic (exact) mass is 268 g/mol. The molecule has 1 aromatic rings. The van der Waals surface area contributed by atoms with Gasteiger partial charge in [-0.05, 0) is 24.9 Å². The Morgan fingerprint density at radius 2 is 2.11 bits per heavy atom. The first-order valence-electron chi connectivity index (χ1n) is 6.27. The van der Waals surface area contributed by atoms with Gasteiger partial charge in [-0.15, -0.1) is 12.4 Å². The molecular weight excluding hydrogens is 248 g/mol. The third-order valence-corrected chi connectivity index (χ3v) is 3.41. The quantitative estimate of drug-likeness (QED) is 0.908. The average Bonchev–Trinajstić information content (AvgIpc) is 2.40. The zero-order chi connectivity index (χ0) is 12.1. The van der Waals surface area contributed by atoms with Gasteiger partial charge in [0.2, 0.25) is 5.91 Å². The summed E-state index contributed by atoms with van der Waals surface area (Å²) in [5.74, 6) is 0.213. The molecule has 3 nitrogen and oxygen atoms in total. The van der Waals surface area contributed by atoms with Gasteiger partial charge in [0.15, 0.2) is 0 Å². The van der Waals surface area contributed by atoms with Gasteiger partial charge in [-0.25, -0.2) is 0 Å². The number of hydrogen-bond donors (Lipinski definition) is 1. The summed E-state index contributed by atoms with van der Waals surface area (Å²) in [5.41, 5.74) is 1.09. The number of piperidine rings is 1. The molecule has 1 fully saturated rings. The van der Waals surface area contributed by atoms with Crippen molar-refractivity contribution in [2.24, 2.45) is 0 Å². The lowest BCUT2D eigenvalue weighted by molar-refractivity contribution is -0.131. The second-order valence-corrected chi connectivity index (χ2v) is 4.67. The van der Waals surface area contributed by atoms with E-state index < -0.39 is 0 Å². The maximum Gasteiger partial charge on any atom is 0.227 e. The Morgan fingerprint density at radius 3 is 2.72 bits per heavy atom. The van der Waals surface area contributed by atoms with E-state index in [1.165, 1.54) is 0 Å². The van der Waals surface area contributed by atoms with E-state index in [-0.39, 0.29) is 18.3 Å². The Labute approximate surface area is 115 Å². The lowest BCUT2D eigenvalue weighted by Crippen LogP contribution is -2.47. The summed E-state index contributed by atoms with van der Waals surface area (Å²) >= 11 is 0. The number of benzene rings is 1. The summed E-state index contributed by atoms with van der Waals surface area (Å²) in [6, 6.07) is 10.3. The number of likely N-dealkylation sites (N-methyl/N-ethyl adjacent to an activating group) is 1. The van der Waals surface area contributed by atoms with E-state index in [2.05, 4.69) is 5.32 Å². The maximum absolute atomic E-state index is 12.1. The van der Waals surface area contributed by atoms with E-state index in [9.17, 15) is 4.79 Å². The highest BCUT2D eigenvalue weighted by Crippen LogP contribution is 2.10. The average molecular weight is 269 g/mol. The van der Waals surface area contributed by atoms with Crippen LogP contribution < -0.4 is 5.32 Å². The lowest BCUT2D eigenvalue weighted by atomic mass is 10.1. The van der Waals surface area contributed by atoms with E-state index >= 15 is 0 Å². The molecule has 1 aliphatic heterocycles. The van der Waals surface area contributed by atoms with Crippen LogP contribution in [0, 0.1) is 0 Å². The van der Waals surface area contributed by atoms with E-state index in [1.54, 1.807) is 0 Å². The van der Waals surface area contributed by atoms with Crippen LogP contribution in [0.25, 0.3) is 0 Å². The molecule has 0 unspecified atom stereocenters. The maximum atomic E-state index is 12.1. The second kappa shape index (κ2) is 7.39. The van der Waals surface area contributed by atoms with Crippen molar-refractivity contribution in [1.29, 1.82) is 0 Å². The van der Waals surface area contributed by atoms with Crippen molar-refractivity contribution in [3.63, 3.8) is 0 Å². The molecule has 1 aromatic carbocycles. The summed E-state index contributed by atoms with van der Waals surface area (Å²) in [5, 5.41) is 3.34. The number of carbonyl (C=O) groups is 1. The van der Waals surface area contributed by atoms with Crippen molar-refractivity contribution in [1.82, 2.24) is 10.2 Å². The molecule has 1 heterocycles. The van der Waals surface area contributed by atoms with Crippen LogP contribution in [-0.4, -0.2) is 37.0 Å². The minimum Gasteiger partial charge on any atom is -0.341 e. The number of halogens is 1. The van der Waals surface area contributed by atoms with Gasteiger partial charge in [-0.1, -0.05) is 30.3 Å². The fourth-order valence-electron chi connectivity index (χ4n) is 2.26. The molecule has 0 aliphatic carbocycles. The Hall–Kier alpha value is -1.06. The van der Waals surface area contributed by atoms with Crippen LogP contribution in [0.1, 0.15) is 18.4 Å². The van der Waals surface area contributed by atoms with Crippen molar-refractivity contribution in [2.75, 3.05) is 20.1 Å².